The van der Waals surface area contributed by atoms with E-state index >= 15 is 0 Å². The van der Waals surface area contributed by atoms with Crippen LogP contribution in [0.2, 0.25) is 0 Å². The van der Waals surface area contributed by atoms with E-state index in [0.717, 1.165) is 0 Å². The molecule has 0 atom stereocenters. The summed E-state index contributed by atoms with van der Waals surface area (Å²) < 4.78 is 0. The monoisotopic (exact) mass is 212 g/mol. The smallest absolute Gasteiger partial charge is 0.101 e. The quantitative estimate of drug-likeness (QED) is 0.560. The average Bonchev–Trinajstić information content (AvgIpc) is 2.31. The summed E-state index contributed by atoms with van der Waals surface area (Å²) in [4.78, 5) is 0. The molecule has 0 heterocycles. The first-order valence-electron chi connectivity index (χ1n) is 5.36. The number of hydrogen-bond donors (Lipinski definition) is 0. The molecule has 2 nitrogen and oxygen atoms in total. The van der Waals surface area contributed by atoms with E-state index in [9.17, 15) is 0 Å². The van der Waals surface area contributed by atoms with Crippen LogP contribution in [0.5, 0.6) is 0 Å². The largest absolute Gasteiger partial charge is 0.209 e. The number of nitrogens with zero attached hydrogens (tertiary/aromatic N) is 2. The Morgan fingerprint density at radius 2 is 1.06 bits per heavy atom. The van der Waals surface area contributed by atoms with Crippen LogP contribution in [0.15, 0.2) is 60.7 Å². The number of hydrazine groups is 1. The van der Waals surface area contributed by atoms with Crippen molar-refractivity contribution in [1.82, 2.24) is 10.0 Å². The zero-order valence-corrected chi connectivity index (χ0v) is 9.67. The summed E-state index contributed by atoms with van der Waals surface area (Å²) in [5, 5.41) is 4.24. The summed E-state index contributed by atoms with van der Waals surface area (Å²) in [7, 11) is 4.08. The van der Waals surface area contributed by atoms with Gasteiger partial charge in [0.1, 0.15) is 0 Å². The number of para-hydroxylation sites is 2. The van der Waals surface area contributed by atoms with Crippen molar-refractivity contribution in [1.29, 1.82) is 0 Å². The summed E-state index contributed by atoms with van der Waals surface area (Å²) in [6.45, 7) is 0. The molecule has 1 radical (unpaired) electrons. The van der Waals surface area contributed by atoms with Gasteiger partial charge in [-0.1, -0.05) is 36.4 Å². The molecule has 2 aromatic carbocycles. The predicted molar refractivity (Wildman–Crippen MR) is 68.0 cm³/mol. The molecule has 0 N–H and O–H groups in total. The fraction of sp³-hybridized carbons (Fsp3) is 0.143. The summed E-state index contributed by atoms with van der Waals surface area (Å²) in [6.07, 6.45) is 0. The second-order valence-electron chi connectivity index (χ2n) is 3.83. The van der Waals surface area contributed by atoms with Crippen molar-refractivity contribution in [3.8, 4) is 0 Å². The van der Waals surface area contributed by atoms with E-state index < -0.39 is 0 Å². The van der Waals surface area contributed by atoms with E-state index in [4.69, 9.17) is 0 Å². The van der Waals surface area contributed by atoms with Gasteiger partial charge in [-0.3, -0.25) is 0 Å². The lowest BCUT2D eigenvalue weighted by atomic mass is 10.2. The van der Waals surface area contributed by atoms with Crippen LogP contribution >= 0.6 is 0 Å². The van der Waals surface area contributed by atoms with Crippen molar-refractivity contribution in [2.45, 2.75) is 0 Å². The Bertz CT molecular complexity index is 384. The Kier molecular flexibility index (Phi) is 3.34. The van der Waals surface area contributed by atoms with Crippen LogP contribution in [0, 0.1) is 0 Å². The van der Waals surface area contributed by atoms with Crippen molar-refractivity contribution >= 4 is 11.4 Å². The molecule has 0 unspecified atom stereocenters. The molecule has 0 bridgehead atoms. The van der Waals surface area contributed by atoms with Crippen LogP contribution in [0.3, 0.4) is 0 Å². The fourth-order valence-electron chi connectivity index (χ4n) is 1.75. The third kappa shape index (κ3) is 2.30. The number of hydrogen-bond acceptors (Lipinski definition) is 2. The van der Waals surface area contributed by atoms with E-state index in [0.29, 0.717) is 0 Å². The molecule has 2 rings (SSSR count). The van der Waals surface area contributed by atoms with Gasteiger partial charge in [-0.2, -0.15) is 0 Å². The topological polar surface area (TPSA) is 9.14 Å². The Labute approximate surface area is 96.7 Å². The van der Waals surface area contributed by atoms with E-state index in [1.807, 2.05) is 26.2 Å². The van der Waals surface area contributed by atoms with Crippen LogP contribution in [-0.4, -0.2) is 19.1 Å². The minimum absolute atomic E-state index is 1.17. The van der Waals surface area contributed by atoms with Crippen molar-refractivity contribution in [2.24, 2.45) is 0 Å². The van der Waals surface area contributed by atoms with Gasteiger partial charge in [-0.25, -0.2) is 0 Å². The Morgan fingerprint density at radius 3 is 1.38 bits per heavy atom. The maximum atomic E-state index is 2.17. The van der Waals surface area contributed by atoms with Crippen LogP contribution < -0.4 is 5.01 Å². The van der Waals surface area contributed by atoms with Crippen molar-refractivity contribution in [3.05, 3.63) is 60.7 Å². The van der Waals surface area contributed by atoms with E-state index in [2.05, 4.69) is 58.5 Å². The molecule has 0 aliphatic heterocycles. The molecule has 0 saturated heterocycles. The minimum Gasteiger partial charge on any atom is -0.101 e. The third-order valence-electron chi connectivity index (χ3n) is 2.40. The lowest BCUT2D eigenvalue weighted by Crippen LogP contribution is -2.33. The fourth-order valence-corrected chi connectivity index (χ4v) is 1.75. The second kappa shape index (κ2) is 4.92. The molecule has 16 heavy (non-hydrogen) atoms. The summed E-state index contributed by atoms with van der Waals surface area (Å²) in [6, 6.07) is 20.7. The van der Waals surface area contributed by atoms with Crippen molar-refractivity contribution in [3.63, 3.8) is 0 Å². The normalized spacial score (nSPS) is 11.0. The minimum atomic E-state index is 1.17. The lowest BCUT2D eigenvalue weighted by Gasteiger charge is -2.15. The standard InChI is InChI=1S/C14H16N2/c1-15(2)16(13-9-5-3-6-10-13)14-11-7-4-8-12-14/h3-12H,1-2H3/q+1. The molecule has 0 aliphatic rings. The Balaban J connectivity index is 2.40. The van der Waals surface area contributed by atoms with Crippen LogP contribution in [0.25, 0.3) is 0 Å². The number of rotatable bonds is 3. The van der Waals surface area contributed by atoms with Crippen LogP contribution in [-0.2, 0) is 0 Å². The highest BCUT2D eigenvalue weighted by Crippen LogP contribution is 2.24. The van der Waals surface area contributed by atoms with Gasteiger partial charge in [0.2, 0.25) is 11.4 Å². The number of anilines is 2. The molecule has 0 amide bonds. The van der Waals surface area contributed by atoms with Gasteiger partial charge in [0.05, 0.1) is 0 Å². The molecule has 0 saturated carbocycles. The number of benzene rings is 2. The van der Waals surface area contributed by atoms with E-state index in [1.54, 1.807) is 0 Å². The zero-order valence-electron chi connectivity index (χ0n) is 9.67. The van der Waals surface area contributed by atoms with Gasteiger partial charge in [0.15, 0.2) is 0 Å². The predicted octanol–water partition coefficient (Wildman–Crippen LogP) is 3.27. The highest BCUT2D eigenvalue weighted by atomic mass is 15.6. The second-order valence-corrected chi connectivity index (χ2v) is 3.83. The molecule has 2 aromatic rings. The molecular formula is C14H16N2+. The maximum Gasteiger partial charge on any atom is 0.209 e. The lowest BCUT2D eigenvalue weighted by molar-refractivity contribution is 0.257. The SMILES string of the molecule is CN(C)[N+](c1ccccc1)c1ccccc1. The molecule has 2 heteroatoms. The van der Waals surface area contributed by atoms with E-state index in [1.165, 1.54) is 11.4 Å². The highest BCUT2D eigenvalue weighted by molar-refractivity contribution is 5.51. The summed E-state index contributed by atoms with van der Waals surface area (Å²) in [5.41, 5.74) is 2.33. The van der Waals surface area contributed by atoms with Crippen LogP contribution in [0.4, 0.5) is 11.4 Å². The molecule has 0 fully saturated rings. The molecule has 0 aromatic heterocycles. The highest BCUT2D eigenvalue weighted by Gasteiger charge is 2.24. The molecule has 81 valence electrons. The first-order chi connectivity index (χ1) is 7.79. The van der Waals surface area contributed by atoms with Gasteiger partial charge in [0.25, 0.3) is 0 Å². The van der Waals surface area contributed by atoms with Gasteiger partial charge in [0, 0.05) is 38.4 Å². The van der Waals surface area contributed by atoms with Gasteiger partial charge in [-0.15, -0.1) is 5.01 Å². The van der Waals surface area contributed by atoms with Crippen molar-refractivity contribution in [2.75, 3.05) is 14.1 Å². The molecule has 0 aliphatic carbocycles. The maximum absolute atomic E-state index is 2.17. The van der Waals surface area contributed by atoms with E-state index in [-0.39, 0.29) is 0 Å². The summed E-state index contributed by atoms with van der Waals surface area (Å²) >= 11 is 0. The average molecular weight is 212 g/mol. The van der Waals surface area contributed by atoms with Gasteiger partial charge in [-0.05, 0) is 5.01 Å². The van der Waals surface area contributed by atoms with Crippen molar-refractivity contribution < 1.29 is 0 Å². The first-order valence-corrected chi connectivity index (χ1v) is 5.36. The zero-order chi connectivity index (χ0) is 11.4. The molecular weight excluding hydrogens is 196 g/mol. The first kappa shape index (κ1) is 10.9. The Hall–Kier alpha value is -1.64. The third-order valence-corrected chi connectivity index (χ3v) is 2.40. The van der Waals surface area contributed by atoms with Crippen LogP contribution in [0.1, 0.15) is 0 Å². The summed E-state index contributed by atoms with van der Waals surface area (Å²) in [5.74, 6) is 0. The van der Waals surface area contributed by atoms with Gasteiger partial charge >= 0.3 is 0 Å². The molecule has 0 spiro atoms. The van der Waals surface area contributed by atoms with Gasteiger partial charge < -0.3 is 0 Å². The Morgan fingerprint density at radius 1 is 0.688 bits per heavy atom.